The summed E-state index contributed by atoms with van der Waals surface area (Å²) >= 11 is 0. The van der Waals surface area contributed by atoms with Crippen molar-refractivity contribution in [3.8, 4) is 34.0 Å². The van der Waals surface area contributed by atoms with E-state index in [4.69, 9.17) is 24.7 Å². The highest BCUT2D eigenvalue weighted by Crippen LogP contribution is 2.34. The minimum atomic E-state index is -4.46. The summed E-state index contributed by atoms with van der Waals surface area (Å²) in [6.45, 7) is 9.54. The predicted molar refractivity (Wildman–Crippen MR) is 211 cm³/mol. The van der Waals surface area contributed by atoms with Gasteiger partial charge in [0.2, 0.25) is 5.91 Å². The molecule has 2 fully saturated rings. The van der Waals surface area contributed by atoms with Crippen molar-refractivity contribution in [2.24, 2.45) is 14.1 Å². The van der Waals surface area contributed by atoms with Crippen molar-refractivity contribution in [1.82, 2.24) is 29.4 Å². The molecule has 0 radical (unpaired) electrons. The molecule has 7 rings (SSSR count). The predicted octanol–water partition coefficient (Wildman–Crippen LogP) is 5.38. The van der Waals surface area contributed by atoms with Gasteiger partial charge in [-0.3, -0.25) is 24.0 Å². The molecule has 13 nitrogen and oxygen atoms in total. The molecule has 3 N–H and O–H groups in total. The molecule has 0 unspecified atom stereocenters. The molecule has 4 heterocycles. The van der Waals surface area contributed by atoms with E-state index < -0.39 is 17.6 Å². The number of halogens is 3. The van der Waals surface area contributed by atoms with Crippen LogP contribution < -0.4 is 20.5 Å². The number of nitrogens with zero attached hydrogens (tertiary/aromatic N) is 6. The Morgan fingerprint density at radius 2 is 1.30 bits per heavy atom. The number of hydrogen-bond acceptors (Lipinski definition) is 10. The van der Waals surface area contributed by atoms with Crippen LogP contribution in [0.4, 0.5) is 24.5 Å². The zero-order chi connectivity index (χ0) is 40.2. The number of hydrogen-bond donors (Lipinski definition) is 2. The van der Waals surface area contributed by atoms with Crippen LogP contribution in [0.25, 0.3) is 22.5 Å². The van der Waals surface area contributed by atoms with Gasteiger partial charge >= 0.3 is 6.18 Å². The molecule has 0 saturated carbocycles. The summed E-state index contributed by atoms with van der Waals surface area (Å²) in [6, 6.07) is 19.6. The molecule has 2 aliphatic rings. The first kappa shape index (κ1) is 41.2. The summed E-state index contributed by atoms with van der Waals surface area (Å²) in [6.07, 6.45) is -1.19. The van der Waals surface area contributed by atoms with Crippen molar-refractivity contribution in [2.45, 2.75) is 12.6 Å². The summed E-state index contributed by atoms with van der Waals surface area (Å²) in [7, 11) is 3.72. The van der Waals surface area contributed by atoms with Crippen LogP contribution >= 0.6 is 0 Å². The molecular formula is C41H49F3N8O5. The van der Waals surface area contributed by atoms with Crippen molar-refractivity contribution < 1.29 is 36.9 Å². The van der Waals surface area contributed by atoms with Crippen LogP contribution in [0.3, 0.4) is 0 Å². The van der Waals surface area contributed by atoms with Crippen molar-refractivity contribution in [2.75, 3.05) is 90.0 Å². The van der Waals surface area contributed by atoms with Gasteiger partial charge in [0.05, 0.1) is 49.8 Å². The average Bonchev–Trinajstić information content (AvgIpc) is 3.84. The summed E-state index contributed by atoms with van der Waals surface area (Å²) in [5.41, 5.74) is 10.2. The van der Waals surface area contributed by atoms with E-state index in [-0.39, 0.29) is 12.0 Å². The number of rotatable bonds is 13. The minimum absolute atomic E-state index is 0.178. The first-order valence-corrected chi connectivity index (χ1v) is 18.9. The third kappa shape index (κ3) is 11.8. The molecule has 57 heavy (non-hydrogen) atoms. The van der Waals surface area contributed by atoms with Gasteiger partial charge in [-0.15, -0.1) is 0 Å². The average molecular weight is 791 g/mol. The number of morpholine rings is 2. The largest absolute Gasteiger partial charge is 0.492 e. The Bertz CT molecular complexity index is 2060. The number of nitrogen functional groups attached to an aromatic ring is 1. The third-order valence-corrected chi connectivity index (χ3v) is 9.62. The molecular weight excluding hydrogens is 741 g/mol. The number of benzene rings is 3. The fourth-order valence-electron chi connectivity index (χ4n) is 6.55. The van der Waals surface area contributed by atoms with Crippen LogP contribution in [-0.4, -0.2) is 114 Å². The standard InChI is InChI=1S/C25H27F3N4O3.C16H22N4O2/c1-31-22(7-8-29-31)21-17-20(5-6-23(21)35-14-11-32-9-12-34-13-10-32)30-24(33)16-18-3-2-4-19(15-18)25(26,27)28;1-19-15(4-5-18-19)14-12-13(17)2-3-16(14)22-11-8-20-6-9-21-10-7-20/h2-8,15,17H,9-14,16H2,1H3,(H,30,33);2-5,12H,6-11,17H2,1H3. The zero-order valence-electron chi connectivity index (χ0n) is 32.2. The Labute approximate surface area is 330 Å². The highest BCUT2D eigenvalue weighted by Gasteiger charge is 2.30. The number of aryl methyl sites for hydroxylation is 2. The molecule has 3 aromatic carbocycles. The van der Waals surface area contributed by atoms with E-state index in [1.807, 2.05) is 49.1 Å². The first-order chi connectivity index (χ1) is 27.5. The van der Waals surface area contributed by atoms with Crippen molar-refractivity contribution in [3.63, 3.8) is 0 Å². The summed E-state index contributed by atoms with van der Waals surface area (Å²) in [5.74, 6) is 1.07. The van der Waals surface area contributed by atoms with Gasteiger partial charge in [-0.25, -0.2) is 0 Å². The zero-order valence-corrected chi connectivity index (χ0v) is 32.2. The topological polar surface area (TPSA) is 134 Å². The molecule has 0 atom stereocenters. The van der Waals surface area contributed by atoms with Crippen LogP contribution in [0.2, 0.25) is 0 Å². The molecule has 0 spiro atoms. The number of alkyl halides is 3. The van der Waals surface area contributed by atoms with Gasteiger partial charge in [0.25, 0.3) is 0 Å². The summed E-state index contributed by atoms with van der Waals surface area (Å²) in [5, 5.41) is 11.2. The number of carbonyl (C=O) groups is 1. The number of nitrogens with two attached hydrogens (primary N) is 1. The molecule has 2 aliphatic heterocycles. The lowest BCUT2D eigenvalue weighted by Crippen LogP contribution is -2.38. The monoisotopic (exact) mass is 790 g/mol. The molecule has 2 saturated heterocycles. The van der Waals surface area contributed by atoms with E-state index in [2.05, 4.69) is 25.3 Å². The molecule has 2 aromatic heterocycles. The number of anilines is 2. The third-order valence-electron chi connectivity index (χ3n) is 9.62. The fourth-order valence-corrected chi connectivity index (χ4v) is 6.55. The van der Waals surface area contributed by atoms with Crippen LogP contribution in [-0.2, 0) is 41.0 Å². The van der Waals surface area contributed by atoms with Crippen molar-refractivity contribution in [1.29, 1.82) is 0 Å². The van der Waals surface area contributed by atoms with E-state index in [0.717, 1.165) is 112 Å². The Kier molecular flexibility index (Phi) is 14.2. The van der Waals surface area contributed by atoms with Gasteiger partial charge in [-0.05, 0) is 60.2 Å². The lowest BCUT2D eigenvalue weighted by molar-refractivity contribution is -0.137. The van der Waals surface area contributed by atoms with Crippen LogP contribution in [0.1, 0.15) is 11.1 Å². The Hall–Kier alpha value is -5.42. The van der Waals surface area contributed by atoms with Crippen LogP contribution in [0.15, 0.2) is 85.2 Å². The smallest absolute Gasteiger partial charge is 0.416 e. The fraction of sp³-hybridized carbons (Fsp3) is 0.390. The van der Waals surface area contributed by atoms with Gasteiger partial charge in [0.1, 0.15) is 24.7 Å². The number of nitrogens with one attached hydrogen (secondary N) is 1. The second kappa shape index (κ2) is 19.6. The molecule has 16 heteroatoms. The highest BCUT2D eigenvalue weighted by molar-refractivity contribution is 5.93. The first-order valence-electron chi connectivity index (χ1n) is 18.9. The number of aromatic nitrogens is 4. The second-order valence-electron chi connectivity index (χ2n) is 13.7. The van der Waals surface area contributed by atoms with E-state index in [0.29, 0.717) is 24.7 Å². The minimum Gasteiger partial charge on any atom is -0.492 e. The molecule has 1 amide bonds. The molecule has 0 aliphatic carbocycles. The Morgan fingerprint density at radius 3 is 1.82 bits per heavy atom. The van der Waals surface area contributed by atoms with Gasteiger partial charge in [-0.1, -0.05) is 18.2 Å². The Balaban J connectivity index is 0.000000214. The van der Waals surface area contributed by atoms with Crippen molar-refractivity contribution in [3.05, 3.63) is 96.3 Å². The van der Waals surface area contributed by atoms with Gasteiger partial charge in [0, 0.05) is 88.3 Å². The van der Waals surface area contributed by atoms with Crippen molar-refractivity contribution >= 4 is 17.3 Å². The number of carbonyl (C=O) groups excluding carboxylic acids is 1. The maximum Gasteiger partial charge on any atom is 0.416 e. The molecule has 304 valence electrons. The summed E-state index contributed by atoms with van der Waals surface area (Å²) in [4.78, 5) is 17.2. The summed E-state index contributed by atoms with van der Waals surface area (Å²) < 4.78 is 65.2. The second-order valence-corrected chi connectivity index (χ2v) is 13.7. The van der Waals surface area contributed by atoms with E-state index >= 15 is 0 Å². The molecule has 0 bridgehead atoms. The molecule has 5 aromatic rings. The van der Waals surface area contributed by atoms with E-state index in [9.17, 15) is 18.0 Å². The van der Waals surface area contributed by atoms with Gasteiger partial charge in [0.15, 0.2) is 0 Å². The van der Waals surface area contributed by atoms with Crippen LogP contribution in [0, 0.1) is 0 Å². The number of ether oxygens (including phenoxy) is 4. The van der Waals surface area contributed by atoms with Gasteiger partial charge in [-0.2, -0.15) is 23.4 Å². The normalized spacial score (nSPS) is 15.1. The van der Waals surface area contributed by atoms with E-state index in [1.165, 1.54) is 12.1 Å². The lowest BCUT2D eigenvalue weighted by Gasteiger charge is -2.26. The van der Waals surface area contributed by atoms with E-state index in [1.54, 1.807) is 35.3 Å². The number of amides is 1. The van der Waals surface area contributed by atoms with Gasteiger partial charge < -0.3 is 30.0 Å². The highest BCUT2D eigenvalue weighted by atomic mass is 19.4. The quantitative estimate of drug-likeness (QED) is 0.150. The lowest BCUT2D eigenvalue weighted by atomic mass is 10.1. The van der Waals surface area contributed by atoms with Crippen LogP contribution in [0.5, 0.6) is 11.5 Å². The maximum atomic E-state index is 13.0. The maximum absolute atomic E-state index is 13.0. The SMILES string of the molecule is Cn1nccc1-c1cc(N)ccc1OCCN1CCOCC1.Cn1nccc1-c1cc(NC(=O)Cc2cccc(C(F)(F)F)c2)ccc1OCCN1CCOCC1. The Morgan fingerprint density at radius 1 is 0.754 bits per heavy atom.